The van der Waals surface area contributed by atoms with Gasteiger partial charge in [0, 0.05) is 12.3 Å². The number of Topliss-reactive ketones (excluding diaryl/α,β-unsaturated/α-hetero) is 2. The van der Waals surface area contributed by atoms with Gasteiger partial charge in [0.15, 0.2) is 0 Å². The van der Waals surface area contributed by atoms with Crippen LogP contribution in [0.1, 0.15) is 39.0 Å². The van der Waals surface area contributed by atoms with Crippen molar-refractivity contribution < 1.29 is 9.59 Å². The number of hydrogen-bond donors (Lipinski definition) is 0. The first kappa shape index (κ1) is 15.6. The van der Waals surface area contributed by atoms with Gasteiger partial charge in [-0.25, -0.2) is 0 Å². The lowest BCUT2D eigenvalue weighted by Gasteiger charge is -2.32. The van der Waals surface area contributed by atoms with Crippen LogP contribution >= 0.6 is 11.6 Å². The topological polar surface area (TPSA) is 37.4 Å². The summed E-state index contributed by atoms with van der Waals surface area (Å²) in [6.45, 7) is 3.54. The zero-order valence-electron chi connectivity index (χ0n) is 11.5. The summed E-state index contributed by atoms with van der Waals surface area (Å²) in [4.78, 5) is 26.2. The summed E-state index contributed by atoms with van der Waals surface area (Å²) in [5.41, 5.74) is 0. The van der Waals surface area contributed by atoms with Crippen LogP contribution in [0.4, 0.5) is 0 Å². The van der Waals surface area contributed by atoms with Crippen LogP contribution in [0.25, 0.3) is 0 Å². The second-order valence-corrected chi connectivity index (χ2v) is 5.72. The average Bonchev–Trinajstić information content (AvgIpc) is 2.32. The van der Waals surface area contributed by atoms with Crippen molar-refractivity contribution in [2.24, 2.45) is 11.8 Å². The highest BCUT2D eigenvalue weighted by atomic mass is 35.5. The summed E-state index contributed by atoms with van der Waals surface area (Å²) in [6.07, 6.45) is 4.08. The molecule has 0 bridgehead atoms. The van der Waals surface area contributed by atoms with Gasteiger partial charge in [-0.1, -0.05) is 0 Å². The number of rotatable bonds is 7. The molecule has 1 aliphatic heterocycles. The summed E-state index contributed by atoms with van der Waals surface area (Å²) in [7, 11) is 2.08. The van der Waals surface area contributed by atoms with Crippen molar-refractivity contribution in [3.63, 3.8) is 0 Å². The third kappa shape index (κ3) is 4.69. The van der Waals surface area contributed by atoms with Gasteiger partial charge in [0.25, 0.3) is 0 Å². The largest absolute Gasteiger partial charge is 0.306 e. The third-order valence-corrected chi connectivity index (χ3v) is 4.09. The predicted molar refractivity (Wildman–Crippen MR) is 74.0 cm³/mol. The highest BCUT2D eigenvalue weighted by molar-refractivity contribution is 6.17. The minimum atomic E-state index is -0.367. The Bertz CT molecular complexity index is 286. The molecule has 0 aromatic carbocycles. The first-order chi connectivity index (χ1) is 8.56. The van der Waals surface area contributed by atoms with E-state index in [0.29, 0.717) is 12.3 Å². The molecular weight excluding hydrogens is 250 g/mol. The minimum Gasteiger partial charge on any atom is -0.306 e. The van der Waals surface area contributed by atoms with Gasteiger partial charge in [-0.2, -0.15) is 0 Å². The van der Waals surface area contributed by atoms with Crippen LogP contribution < -0.4 is 0 Å². The quantitative estimate of drug-likeness (QED) is 0.406. The van der Waals surface area contributed by atoms with Gasteiger partial charge in [-0.15, -0.1) is 11.6 Å². The van der Waals surface area contributed by atoms with Crippen LogP contribution in [0.15, 0.2) is 0 Å². The van der Waals surface area contributed by atoms with E-state index in [1.54, 1.807) is 6.92 Å². The lowest BCUT2D eigenvalue weighted by Crippen LogP contribution is -2.38. The van der Waals surface area contributed by atoms with E-state index >= 15 is 0 Å². The number of hydrogen-bond acceptors (Lipinski definition) is 3. The molecule has 1 atom stereocenters. The normalized spacial score (nSPS) is 19.7. The molecule has 1 saturated heterocycles. The molecule has 1 unspecified atom stereocenters. The lowest BCUT2D eigenvalue weighted by atomic mass is 9.78. The number of likely N-dealkylation sites (tertiary alicyclic amines) is 1. The van der Waals surface area contributed by atoms with Crippen molar-refractivity contribution in [1.82, 2.24) is 4.90 Å². The molecule has 4 heteroatoms. The van der Waals surface area contributed by atoms with Gasteiger partial charge < -0.3 is 4.90 Å². The monoisotopic (exact) mass is 273 g/mol. The number of halogens is 1. The van der Waals surface area contributed by atoms with E-state index in [4.69, 9.17) is 11.6 Å². The van der Waals surface area contributed by atoms with Crippen molar-refractivity contribution in [1.29, 1.82) is 0 Å². The van der Waals surface area contributed by atoms with Gasteiger partial charge in [-0.05, 0) is 58.7 Å². The Morgan fingerprint density at radius 2 is 1.89 bits per heavy atom. The Morgan fingerprint density at radius 1 is 1.28 bits per heavy atom. The molecule has 104 valence electrons. The molecule has 0 N–H and O–H groups in total. The van der Waals surface area contributed by atoms with Crippen molar-refractivity contribution >= 4 is 23.2 Å². The van der Waals surface area contributed by atoms with E-state index in [1.165, 1.54) is 0 Å². The number of ketones is 2. The number of alkyl halides is 1. The van der Waals surface area contributed by atoms with E-state index < -0.39 is 0 Å². The second-order valence-electron chi connectivity index (χ2n) is 5.34. The van der Waals surface area contributed by atoms with E-state index in [2.05, 4.69) is 11.9 Å². The molecule has 1 heterocycles. The van der Waals surface area contributed by atoms with E-state index in [9.17, 15) is 9.59 Å². The van der Waals surface area contributed by atoms with Gasteiger partial charge >= 0.3 is 0 Å². The standard InChI is InChI=1S/C14H24ClNO2/c1-11(17)14(13(18)5-3-4-8-15)12-6-9-16(2)10-7-12/h12,14H,3-10H2,1-2H3. The molecule has 1 rings (SSSR count). The smallest absolute Gasteiger partial charge is 0.143 e. The number of carbonyl (C=O) groups is 2. The maximum atomic E-state index is 12.2. The Morgan fingerprint density at radius 3 is 2.39 bits per heavy atom. The summed E-state index contributed by atoms with van der Waals surface area (Å²) in [5.74, 6) is 0.644. The molecule has 0 aliphatic carbocycles. The second kappa shape index (κ2) is 7.90. The predicted octanol–water partition coefficient (Wildman–Crippen LogP) is 2.51. The summed E-state index contributed by atoms with van der Waals surface area (Å²) < 4.78 is 0. The first-order valence-corrected chi connectivity index (χ1v) is 7.37. The van der Waals surface area contributed by atoms with Crippen LogP contribution in [0, 0.1) is 11.8 Å². The zero-order chi connectivity index (χ0) is 13.5. The van der Waals surface area contributed by atoms with E-state index in [0.717, 1.165) is 38.8 Å². The SMILES string of the molecule is CC(=O)C(C(=O)CCCCCl)C1CCN(C)CC1. The highest BCUT2D eigenvalue weighted by Crippen LogP contribution is 2.27. The van der Waals surface area contributed by atoms with Crippen molar-refractivity contribution in [2.45, 2.75) is 39.0 Å². The molecule has 1 aliphatic rings. The van der Waals surface area contributed by atoms with Crippen LogP contribution in [-0.4, -0.2) is 42.5 Å². The summed E-state index contributed by atoms with van der Waals surface area (Å²) in [6, 6.07) is 0. The van der Waals surface area contributed by atoms with Crippen molar-refractivity contribution in [2.75, 3.05) is 26.0 Å². The molecule has 0 amide bonds. The molecule has 0 saturated carbocycles. The van der Waals surface area contributed by atoms with Gasteiger partial charge in [0.1, 0.15) is 11.6 Å². The number of piperidine rings is 1. The molecule has 1 fully saturated rings. The highest BCUT2D eigenvalue weighted by Gasteiger charge is 2.33. The van der Waals surface area contributed by atoms with E-state index in [1.807, 2.05) is 0 Å². The molecule has 0 aromatic heterocycles. The van der Waals surface area contributed by atoms with Crippen LogP contribution in [-0.2, 0) is 9.59 Å². The molecule has 0 radical (unpaired) electrons. The Labute approximate surface area is 115 Å². The maximum absolute atomic E-state index is 12.2. The van der Waals surface area contributed by atoms with E-state index in [-0.39, 0.29) is 23.4 Å². The molecule has 0 aromatic rings. The molecule has 3 nitrogen and oxygen atoms in total. The van der Waals surface area contributed by atoms with Crippen LogP contribution in [0.2, 0.25) is 0 Å². The maximum Gasteiger partial charge on any atom is 0.143 e. The fourth-order valence-electron chi connectivity index (χ4n) is 2.73. The fourth-order valence-corrected chi connectivity index (χ4v) is 2.92. The lowest BCUT2D eigenvalue weighted by molar-refractivity contribution is -0.134. The van der Waals surface area contributed by atoms with Crippen LogP contribution in [0.5, 0.6) is 0 Å². The van der Waals surface area contributed by atoms with Gasteiger partial charge in [0.05, 0.1) is 5.92 Å². The fraction of sp³-hybridized carbons (Fsp3) is 0.857. The minimum absolute atomic E-state index is 0.0421. The Kier molecular flexibility index (Phi) is 6.87. The Hall–Kier alpha value is -0.410. The number of unbranched alkanes of at least 4 members (excludes halogenated alkanes) is 1. The summed E-state index contributed by atoms with van der Waals surface area (Å²) >= 11 is 5.61. The molecule has 18 heavy (non-hydrogen) atoms. The van der Waals surface area contributed by atoms with Crippen molar-refractivity contribution in [3.8, 4) is 0 Å². The molecular formula is C14H24ClNO2. The van der Waals surface area contributed by atoms with Gasteiger partial charge in [-0.3, -0.25) is 9.59 Å². The Balaban J connectivity index is 2.53. The summed E-state index contributed by atoms with van der Waals surface area (Å²) in [5, 5.41) is 0. The average molecular weight is 274 g/mol. The zero-order valence-corrected chi connectivity index (χ0v) is 12.2. The van der Waals surface area contributed by atoms with Crippen LogP contribution in [0.3, 0.4) is 0 Å². The van der Waals surface area contributed by atoms with Gasteiger partial charge in [0.2, 0.25) is 0 Å². The molecule has 0 spiro atoms. The number of nitrogens with zero attached hydrogens (tertiary/aromatic N) is 1. The first-order valence-electron chi connectivity index (χ1n) is 6.84. The third-order valence-electron chi connectivity index (χ3n) is 3.83. The van der Waals surface area contributed by atoms with Crippen molar-refractivity contribution in [3.05, 3.63) is 0 Å². The number of carbonyl (C=O) groups excluding carboxylic acids is 2.